The number of rotatable bonds is 8. The number of piperazine rings is 1. The molecule has 2 aromatic rings. The fourth-order valence-corrected chi connectivity index (χ4v) is 3.25. The highest BCUT2D eigenvalue weighted by molar-refractivity contribution is 5.58. The Bertz CT molecular complexity index is 787. The van der Waals surface area contributed by atoms with E-state index in [1.165, 1.54) is 10.7 Å². The lowest BCUT2D eigenvalue weighted by Crippen LogP contribution is -2.47. The van der Waals surface area contributed by atoms with Gasteiger partial charge in [-0.1, -0.05) is 12.1 Å². The molecule has 0 bridgehead atoms. The van der Waals surface area contributed by atoms with Gasteiger partial charge in [-0.2, -0.15) is 5.10 Å². The van der Waals surface area contributed by atoms with Crippen molar-refractivity contribution in [3.8, 4) is 5.75 Å². The predicted molar refractivity (Wildman–Crippen MR) is 106 cm³/mol. The summed E-state index contributed by atoms with van der Waals surface area (Å²) >= 11 is 0. The summed E-state index contributed by atoms with van der Waals surface area (Å²) in [4.78, 5) is 16.6. The van der Waals surface area contributed by atoms with Crippen LogP contribution >= 0.6 is 0 Å². The Morgan fingerprint density at radius 1 is 1.19 bits per heavy atom. The number of aliphatic hydroxyl groups is 1. The standard InChI is InChI=1S/C19H27N5O3/c1-27-18-5-3-2-4-17(18)23-10-8-22(9-11-23)7-6-20-16-14-19(26)24(12-13-25)21-15-16/h2-5,14-15,20,25H,6-13H2,1H3. The summed E-state index contributed by atoms with van der Waals surface area (Å²) in [5, 5.41) is 16.2. The highest BCUT2D eigenvalue weighted by Crippen LogP contribution is 2.28. The molecule has 146 valence electrons. The number of aliphatic hydroxyl groups excluding tert-OH is 1. The molecule has 0 atom stereocenters. The molecule has 2 heterocycles. The summed E-state index contributed by atoms with van der Waals surface area (Å²) in [7, 11) is 1.71. The number of nitrogens with zero attached hydrogens (tertiary/aromatic N) is 4. The molecule has 0 aliphatic carbocycles. The molecular formula is C19H27N5O3. The first-order valence-electron chi connectivity index (χ1n) is 9.23. The Balaban J connectivity index is 1.45. The number of anilines is 2. The Labute approximate surface area is 159 Å². The van der Waals surface area contributed by atoms with Gasteiger partial charge in [0.1, 0.15) is 5.75 Å². The summed E-state index contributed by atoms with van der Waals surface area (Å²) in [5.74, 6) is 0.913. The van der Waals surface area contributed by atoms with Crippen molar-refractivity contribution in [1.82, 2.24) is 14.7 Å². The van der Waals surface area contributed by atoms with E-state index in [0.717, 1.165) is 50.7 Å². The van der Waals surface area contributed by atoms with Crippen LogP contribution in [0.5, 0.6) is 5.75 Å². The first kappa shape index (κ1) is 19.2. The highest BCUT2D eigenvalue weighted by Gasteiger charge is 2.19. The van der Waals surface area contributed by atoms with E-state index in [9.17, 15) is 4.79 Å². The normalized spacial score (nSPS) is 15.0. The number of ether oxygens (including phenoxy) is 1. The quantitative estimate of drug-likeness (QED) is 0.696. The number of nitrogens with one attached hydrogen (secondary N) is 1. The molecule has 0 saturated carbocycles. The van der Waals surface area contributed by atoms with Crippen molar-refractivity contribution in [3.05, 3.63) is 46.9 Å². The minimum atomic E-state index is -0.209. The van der Waals surface area contributed by atoms with Gasteiger partial charge in [0, 0.05) is 45.3 Å². The Kier molecular flexibility index (Phi) is 6.67. The Hall–Kier alpha value is -2.58. The van der Waals surface area contributed by atoms with E-state index >= 15 is 0 Å². The maximum absolute atomic E-state index is 11.8. The van der Waals surface area contributed by atoms with Crippen molar-refractivity contribution < 1.29 is 9.84 Å². The zero-order valence-corrected chi connectivity index (χ0v) is 15.7. The second-order valence-electron chi connectivity index (χ2n) is 6.46. The lowest BCUT2D eigenvalue weighted by Gasteiger charge is -2.36. The van der Waals surface area contributed by atoms with E-state index in [0.29, 0.717) is 5.69 Å². The average Bonchev–Trinajstić information content (AvgIpc) is 2.70. The zero-order chi connectivity index (χ0) is 19.1. The lowest BCUT2D eigenvalue weighted by molar-refractivity contribution is 0.265. The fourth-order valence-electron chi connectivity index (χ4n) is 3.25. The van der Waals surface area contributed by atoms with E-state index < -0.39 is 0 Å². The molecule has 2 N–H and O–H groups in total. The predicted octanol–water partition coefficient (Wildman–Crippen LogP) is 0.478. The molecule has 1 aromatic carbocycles. The number of para-hydroxylation sites is 2. The van der Waals surface area contributed by atoms with Crippen molar-refractivity contribution in [1.29, 1.82) is 0 Å². The zero-order valence-electron chi connectivity index (χ0n) is 15.7. The molecule has 1 aromatic heterocycles. The molecule has 0 unspecified atom stereocenters. The first-order valence-corrected chi connectivity index (χ1v) is 9.23. The molecule has 3 rings (SSSR count). The minimum Gasteiger partial charge on any atom is -0.495 e. The largest absolute Gasteiger partial charge is 0.495 e. The SMILES string of the molecule is COc1ccccc1N1CCN(CCNc2cnn(CCO)c(=O)c2)CC1. The summed E-state index contributed by atoms with van der Waals surface area (Å²) in [6, 6.07) is 9.64. The molecule has 1 fully saturated rings. The van der Waals surface area contributed by atoms with E-state index in [1.807, 2.05) is 18.2 Å². The third-order valence-electron chi connectivity index (χ3n) is 4.74. The molecular weight excluding hydrogens is 346 g/mol. The van der Waals surface area contributed by atoms with Crippen LogP contribution in [-0.4, -0.2) is 72.8 Å². The van der Waals surface area contributed by atoms with Crippen LogP contribution in [0.1, 0.15) is 0 Å². The van der Waals surface area contributed by atoms with E-state index in [2.05, 4.69) is 26.3 Å². The van der Waals surface area contributed by atoms with Crippen molar-refractivity contribution in [2.24, 2.45) is 0 Å². The Morgan fingerprint density at radius 2 is 1.96 bits per heavy atom. The van der Waals surface area contributed by atoms with Crippen LogP contribution in [0.4, 0.5) is 11.4 Å². The highest BCUT2D eigenvalue weighted by atomic mass is 16.5. The van der Waals surface area contributed by atoms with Crippen LogP contribution in [0, 0.1) is 0 Å². The number of hydrogen-bond acceptors (Lipinski definition) is 7. The second-order valence-corrected chi connectivity index (χ2v) is 6.46. The fraction of sp³-hybridized carbons (Fsp3) is 0.474. The van der Waals surface area contributed by atoms with E-state index in [4.69, 9.17) is 9.84 Å². The summed E-state index contributed by atoms with van der Waals surface area (Å²) in [5.41, 5.74) is 1.65. The lowest BCUT2D eigenvalue weighted by atomic mass is 10.2. The maximum Gasteiger partial charge on any atom is 0.268 e. The van der Waals surface area contributed by atoms with Crippen LogP contribution in [0.3, 0.4) is 0 Å². The summed E-state index contributed by atoms with van der Waals surface area (Å²) in [6.45, 7) is 5.65. The second kappa shape index (κ2) is 9.38. The Morgan fingerprint density at radius 3 is 2.67 bits per heavy atom. The van der Waals surface area contributed by atoms with Crippen LogP contribution in [0.2, 0.25) is 0 Å². The van der Waals surface area contributed by atoms with Gasteiger partial charge in [0.2, 0.25) is 0 Å². The third kappa shape index (κ3) is 4.99. The van der Waals surface area contributed by atoms with Crippen LogP contribution in [0.15, 0.2) is 41.3 Å². The summed E-state index contributed by atoms with van der Waals surface area (Å²) < 4.78 is 6.71. The van der Waals surface area contributed by atoms with Crippen molar-refractivity contribution in [2.45, 2.75) is 6.54 Å². The van der Waals surface area contributed by atoms with Gasteiger partial charge >= 0.3 is 0 Å². The molecule has 0 spiro atoms. The minimum absolute atomic E-state index is 0.0967. The molecule has 8 nitrogen and oxygen atoms in total. The van der Waals surface area contributed by atoms with Crippen LogP contribution in [-0.2, 0) is 6.54 Å². The van der Waals surface area contributed by atoms with Gasteiger partial charge in [-0.05, 0) is 12.1 Å². The molecule has 0 amide bonds. The number of methoxy groups -OCH3 is 1. The number of aromatic nitrogens is 2. The van der Waals surface area contributed by atoms with Gasteiger partial charge in [0.25, 0.3) is 5.56 Å². The average molecular weight is 373 g/mol. The molecule has 1 aliphatic rings. The topological polar surface area (TPSA) is 82.9 Å². The van der Waals surface area contributed by atoms with Gasteiger partial charge in [-0.15, -0.1) is 0 Å². The van der Waals surface area contributed by atoms with Crippen molar-refractivity contribution >= 4 is 11.4 Å². The van der Waals surface area contributed by atoms with E-state index in [1.54, 1.807) is 13.3 Å². The molecule has 1 saturated heterocycles. The monoisotopic (exact) mass is 373 g/mol. The molecule has 8 heteroatoms. The van der Waals surface area contributed by atoms with Crippen molar-refractivity contribution in [3.63, 3.8) is 0 Å². The van der Waals surface area contributed by atoms with Crippen molar-refractivity contribution in [2.75, 3.05) is 63.2 Å². The third-order valence-corrected chi connectivity index (χ3v) is 4.74. The maximum atomic E-state index is 11.8. The van der Waals surface area contributed by atoms with Crippen LogP contribution < -0.4 is 20.5 Å². The van der Waals surface area contributed by atoms with Gasteiger partial charge in [0.15, 0.2) is 0 Å². The first-order chi connectivity index (χ1) is 13.2. The van der Waals surface area contributed by atoms with Crippen LogP contribution in [0.25, 0.3) is 0 Å². The molecule has 27 heavy (non-hydrogen) atoms. The summed E-state index contributed by atoms with van der Waals surface area (Å²) in [6.07, 6.45) is 1.62. The van der Waals surface area contributed by atoms with Gasteiger partial charge in [-0.25, -0.2) is 4.68 Å². The van der Waals surface area contributed by atoms with Gasteiger partial charge in [-0.3, -0.25) is 9.69 Å². The number of benzene rings is 1. The molecule has 0 radical (unpaired) electrons. The van der Waals surface area contributed by atoms with Gasteiger partial charge in [0.05, 0.1) is 37.8 Å². The number of hydrogen-bond donors (Lipinski definition) is 2. The smallest absolute Gasteiger partial charge is 0.268 e. The van der Waals surface area contributed by atoms with Gasteiger partial charge < -0.3 is 20.1 Å². The molecule has 1 aliphatic heterocycles. The van der Waals surface area contributed by atoms with E-state index in [-0.39, 0.29) is 18.7 Å².